The Morgan fingerprint density at radius 1 is 1.48 bits per heavy atom. The molecular weight excluding hydrogens is 286 g/mol. The number of amides is 1. The van der Waals surface area contributed by atoms with Gasteiger partial charge in [0.15, 0.2) is 0 Å². The maximum atomic E-state index is 13.4. The monoisotopic (exact) mass is 296 g/mol. The summed E-state index contributed by atoms with van der Waals surface area (Å²) >= 11 is 0. The van der Waals surface area contributed by atoms with Crippen LogP contribution < -0.4 is 5.32 Å². The first-order chi connectivity index (χ1) is 9.88. The topological polar surface area (TPSA) is 90.1 Å². The molecule has 0 bridgehead atoms. The Labute approximate surface area is 117 Å². The molecule has 2 rings (SSSR count). The van der Waals surface area contributed by atoms with Crippen LogP contribution in [0.4, 0.5) is 20.2 Å². The number of carbonyl (C=O) groups is 1. The van der Waals surface area contributed by atoms with E-state index in [2.05, 4.69) is 10.4 Å². The van der Waals surface area contributed by atoms with Crippen LogP contribution in [0.25, 0.3) is 0 Å². The van der Waals surface area contributed by atoms with Crippen LogP contribution in [0, 0.1) is 21.7 Å². The fourth-order valence-electron chi connectivity index (χ4n) is 1.58. The minimum atomic E-state index is -0.929. The molecule has 0 unspecified atom stereocenters. The van der Waals surface area contributed by atoms with Gasteiger partial charge in [-0.1, -0.05) is 0 Å². The number of anilines is 1. The number of carbonyl (C=O) groups excluding carboxylic acids is 1. The molecule has 7 nitrogen and oxygen atoms in total. The van der Waals surface area contributed by atoms with Gasteiger partial charge in [-0.25, -0.2) is 8.78 Å². The summed E-state index contributed by atoms with van der Waals surface area (Å²) in [5.74, 6) is -2.17. The quantitative estimate of drug-likeness (QED) is 0.692. The normalized spacial score (nSPS) is 12.0. The molecule has 2 aromatic rings. The molecular formula is C12H10F2N4O3. The fourth-order valence-corrected chi connectivity index (χ4v) is 1.58. The zero-order valence-corrected chi connectivity index (χ0v) is 10.8. The molecule has 1 aromatic heterocycles. The van der Waals surface area contributed by atoms with Crippen molar-refractivity contribution in [2.45, 2.75) is 13.0 Å². The summed E-state index contributed by atoms with van der Waals surface area (Å²) < 4.78 is 27.5. The van der Waals surface area contributed by atoms with Gasteiger partial charge in [0, 0.05) is 6.07 Å². The first-order valence-electron chi connectivity index (χ1n) is 5.83. The van der Waals surface area contributed by atoms with Crippen molar-refractivity contribution < 1.29 is 18.5 Å². The molecule has 1 aromatic carbocycles. The molecule has 0 spiro atoms. The average molecular weight is 296 g/mol. The van der Waals surface area contributed by atoms with Crippen LogP contribution in [0.15, 0.2) is 30.6 Å². The Kier molecular flexibility index (Phi) is 3.92. The first-order valence-corrected chi connectivity index (χ1v) is 5.83. The number of halogens is 2. The third-order valence-corrected chi connectivity index (χ3v) is 2.76. The van der Waals surface area contributed by atoms with Crippen molar-refractivity contribution in [3.63, 3.8) is 0 Å². The Morgan fingerprint density at radius 2 is 2.19 bits per heavy atom. The first kappa shape index (κ1) is 14.6. The smallest absolute Gasteiger partial charge is 0.307 e. The van der Waals surface area contributed by atoms with Crippen LogP contribution >= 0.6 is 0 Å². The summed E-state index contributed by atoms with van der Waals surface area (Å²) in [7, 11) is 0. The highest BCUT2D eigenvalue weighted by Gasteiger charge is 2.20. The van der Waals surface area contributed by atoms with Gasteiger partial charge >= 0.3 is 5.69 Å². The lowest BCUT2D eigenvalue weighted by Gasteiger charge is -2.12. The van der Waals surface area contributed by atoms with Crippen molar-refractivity contribution in [3.8, 4) is 0 Å². The second-order valence-corrected chi connectivity index (χ2v) is 4.23. The largest absolute Gasteiger partial charge is 0.322 e. The summed E-state index contributed by atoms with van der Waals surface area (Å²) in [5, 5.41) is 16.4. The summed E-state index contributed by atoms with van der Waals surface area (Å²) in [6.07, 6.45) is 2.07. The van der Waals surface area contributed by atoms with Gasteiger partial charge in [-0.15, -0.1) is 0 Å². The lowest BCUT2D eigenvalue weighted by atomic mass is 10.2. The second-order valence-electron chi connectivity index (χ2n) is 4.23. The molecule has 1 amide bonds. The van der Waals surface area contributed by atoms with Crippen LogP contribution in [0.3, 0.4) is 0 Å². The van der Waals surface area contributed by atoms with Gasteiger partial charge in [0.1, 0.15) is 30.1 Å². The van der Waals surface area contributed by atoms with Gasteiger partial charge in [0.2, 0.25) is 5.91 Å². The van der Waals surface area contributed by atoms with Crippen LogP contribution in [0.1, 0.15) is 13.0 Å². The number of hydrogen-bond acceptors (Lipinski definition) is 4. The van der Waals surface area contributed by atoms with E-state index < -0.39 is 28.5 Å². The maximum absolute atomic E-state index is 13.4. The summed E-state index contributed by atoms with van der Waals surface area (Å²) in [6, 6.07) is 1.71. The summed E-state index contributed by atoms with van der Waals surface area (Å²) in [5.41, 5.74) is -0.583. The number of nitrogens with one attached hydrogen (secondary N) is 1. The minimum Gasteiger partial charge on any atom is -0.322 e. The van der Waals surface area contributed by atoms with E-state index in [1.165, 1.54) is 6.92 Å². The summed E-state index contributed by atoms with van der Waals surface area (Å²) in [4.78, 5) is 21.8. The summed E-state index contributed by atoms with van der Waals surface area (Å²) in [6.45, 7) is 1.42. The third-order valence-electron chi connectivity index (χ3n) is 2.76. The maximum Gasteiger partial charge on any atom is 0.307 e. The van der Waals surface area contributed by atoms with Gasteiger partial charge in [-0.3, -0.25) is 19.6 Å². The SMILES string of the molecule is C[C@@H](C(=O)Nc1cc(F)ccc1F)n1cc([N+](=O)[O-])cn1. The number of rotatable bonds is 4. The second kappa shape index (κ2) is 5.65. The lowest BCUT2D eigenvalue weighted by molar-refractivity contribution is -0.385. The van der Waals surface area contributed by atoms with E-state index in [4.69, 9.17) is 0 Å². The Morgan fingerprint density at radius 3 is 2.81 bits per heavy atom. The molecule has 0 aliphatic rings. The zero-order valence-electron chi connectivity index (χ0n) is 10.8. The Bertz CT molecular complexity index is 702. The molecule has 0 aliphatic heterocycles. The van der Waals surface area contributed by atoms with Crippen molar-refractivity contribution in [1.29, 1.82) is 0 Å². The van der Waals surface area contributed by atoms with E-state index in [-0.39, 0.29) is 11.4 Å². The van der Waals surface area contributed by atoms with Gasteiger partial charge < -0.3 is 5.32 Å². The number of hydrogen-bond donors (Lipinski definition) is 1. The van der Waals surface area contributed by atoms with Crippen molar-refractivity contribution in [1.82, 2.24) is 9.78 Å². The Hall–Kier alpha value is -2.84. The number of nitrogens with zero attached hydrogens (tertiary/aromatic N) is 3. The van der Waals surface area contributed by atoms with Crippen molar-refractivity contribution in [2.75, 3.05) is 5.32 Å². The molecule has 1 heterocycles. The van der Waals surface area contributed by atoms with E-state index in [1.807, 2.05) is 0 Å². The van der Waals surface area contributed by atoms with Gasteiger partial charge in [0.25, 0.3) is 0 Å². The Balaban J connectivity index is 2.15. The van der Waals surface area contributed by atoms with E-state index >= 15 is 0 Å². The molecule has 21 heavy (non-hydrogen) atoms. The highest BCUT2D eigenvalue weighted by Crippen LogP contribution is 2.18. The van der Waals surface area contributed by atoms with Crippen LogP contribution in [-0.4, -0.2) is 20.6 Å². The predicted octanol–water partition coefficient (Wildman–Crippen LogP) is 2.27. The van der Waals surface area contributed by atoms with Crippen molar-refractivity contribution >= 4 is 17.3 Å². The average Bonchev–Trinajstić information content (AvgIpc) is 2.91. The van der Waals surface area contributed by atoms with Crippen molar-refractivity contribution in [2.24, 2.45) is 0 Å². The number of aromatic nitrogens is 2. The molecule has 110 valence electrons. The highest BCUT2D eigenvalue weighted by molar-refractivity contribution is 5.93. The van der Waals surface area contributed by atoms with Crippen LogP contribution in [-0.2, 0) is 4.79 Å². The molecule has 1 atom stereocenters. The van der Waals surface area contributed by atoms with Crippen molar-refractivity contribution in [3.05, 3.63) is 52.3 Å². The van der Waals surface area contributed by atoms with E-state index in [9.17, 15) is 23.7 Å². The van der Waals surface area contributed by atoms with Crippen LogP contribution in [0.2, 0.25) is 0 Å². The third kappa shape index (κ3) is 3.19. The molecule has 1 N–H and O–H groups in total. The highest BCUT2D eigenvalue weighted by atomic mass is 19.1. The standard InChI is InChI=1S/C12H10F2N4O3/c1-7(17-6-9(5-15-17)18(20)21)12(19)16-11-4-8(13)2-3-10(11)14/h2-7H,1H3,(H,16,19)/t7-/m0/s1. The molecule has 0 radical (unpaired) electrons. The van der Waals surface area contributed by atoms with E-state index in [1.54, 1.807) is 0 Å². The molecule has 0 fully saturated rings. The van der Waals surface area contributed by atoms with E-state index in [0.29, 0.717) is 0 Å². The number of nitro groups is 1. The predicted molar refractivity (Wildman–Crippen MR) is 68.6 cm³/mol. The van der Waals surface area contributed by atoms with Gasteiger partial charge in [-0.2, -0.15) is 5.10 Å². The minimum absolute atomic E-state index is 0.272. The molecule has 0 aliphatic carbocycles. The zero-order chi connectivity index (χ0) is 15.6. The molecule has 0 saturated carbocycles. The van der Waals surface area contributed by atoms with Gasteiger partial charge in [-0.05, 0) is 19.1 Å². The molecule has 0 saturated heterocycles. The van der Waals surface area contributed by atoms with Crippen LogP contribution in [0.5, 0.6) is 0 Å². The molecule has 9 heteroatoms. The van der Waals surface area contributed by atoms with E-state index in [0.717, 1.165) is 35.3 Å². The lowest BCUT2D eigenvalue weighted by Crippen LogP contribution is -2.24. The number of benzene rings is 1. The van der Waals surface area contributed by atoms with Gasteiger partial charge in [0.05, 0.1) is 10.6 Å². The fraction of sp³-hybridized carbons (Fsp3) is 0.167.